The lowest BCUT2D eigenvalue weighted by molar-refractivity contribution is 0.381. The zero-order chi connectivity index (χ0) is 17.9. The summed E-state index contributed by atoms with van der Waals surface area (Å²) >= 11 is 0. The molecule has 0 aliphatic carbocycles. The Hall–Kier alpha value is 0. The molecule has 24 heavy (non-hydrogen) atoms. The first kappa shape index (κ1) is 24.0. The predicted octanol–water partition coefficient (Wildman–Crippen LogP) is 9.13. The highest BCUT2D eigenvalue weighted by atomic mass is 14.2. The van der Waals surface area contributed by atoms with E-state index < -0.39 is 0 Å². The Labute approximate surface area is 155 Å². The highest BCUT2D eigenvalue weighted by molar-refractivity contribution is 4.83. The Bertz CT molecular complexity index is 220. The van der Waals surface area contributed by atoms with E-state index in [0.717, 1.165) is 11.8 Å². The van der Waals surface area contributed by atoms with Crippen molar-refractivity contribution in [1.82, 2.24) is 0 Å². The van der Waals surface area contributed by atoms with Gasteiger partial charge in [-0.1, -0.05) is 137 Å². The van der Waals surface area contributed by atoms with E-state index in [2.05, 4.69) is 34.1 Å². The van der Waals surface area contributed by atoms with Gasteiger partial charge in [-0.3, -0.25) is 0 Å². The van der Waals surface area contributed by atoms with E-state index in [0.29, 0.717) is 0 Å². The van der Waals surface area contributed by atoms with Crippen molar-refractivity contribution in [3.63, 3.8) is 0 Å². The van der Waals surface area contributed by atoms with Crippen molar-refractivity contribution in [2.75, 3.05) is 0 Å². The molecule has 0 aliphatic heterocycles. The molecule has 0 heterocycles. The summed E-state index contributed by atoms with van der Waals surface area (Å²) in [4.78, 5) is 0. The molecule has 0 rings (SSSR count). The molecule has 0 heteroatoms. The molecule has 0 N–H and O–H groups in total. The van der Waals surface area contributed by atoms with E-state index in [1.807, 2.05) is 0 Å². The Balaban J connectivity index is 4.05. The normalized spacial score (nSPS) is 14.0. The van der Waals surface area contributed by atoms with E-state index in [9.17, 15) is 0 Å². The SMILES string of the molecule is CCCCCCCC([CH]C(CCCCC)CCCCCCC)CC. The Morgan fingerprint density at radius 1 is 0.458 bits per heavy atom. The average Bonchev–Trinajstić information content (AvgIpc) is 2.60. The quantitative estimate of drug-likeness (QED) is 0.206. The smallest absolute Gasteiger partial charge is 0.0324 e. The van der Waals surface area contributed by atoms with E-state index in [4.69, 9.17) is 0 Å². The lowest BCUT2D eigenvalue weighted by atomic mass is 9.83. The van der Waals surface area contributed by atoms with Gasteiger partial charge in [0.2, 0.25) is 0 Å². The van der Waals surface area contributed by atoms with Gasteiger partial charge in [-0.25, -0.2) is 0 Å². The standard InChI is InChI=1S/C24H49/c1-5-9-12-14-17-19-23(8-4)22-24(20-16-11-7-3)21-18-15-13-10-6-2/h22-24H,5-21H2,1-4H3. The van der Waals surface area contributed by atoms with Gasteiger partial charge >= 0.3 is 0 Å². The van der Waals surface area contributed by atoms with Crippen molar-refractivity contribution in [3.05, 3.63) is 6.42 Å². The molecule has 2 atom stereocenters. The summed E-state index contributed by atoms with van der Waals surface area (Å²) in [5.41, 5.74) is 0. The molecule has 1 radical (unpaired) electrons. The number of rotatable bonds is 19. The zero-order valence-electron chi connectivity index (χ0n) is 17.8. The first-order chi connectivity index (χ1) is 11.8. The van der Waals surface area contributed by atoms with Gasteiger partial charge in [0.05, 0.1) is 0 Å². The lowest BCUT2D eigenvalue weighted by Gasteiger charge is -2.23. The first-order valence-electron chi connectivity index (χ1n) is 11.6. The minimum atomic E-state index is 0.883. The molecule has 0 aromatic carbocycles. The third kappa shape index (κ3) is 15.5. The van der Waals surface area contributed by atoms with E-state index in [1.54, 1.807) is 0 Å². The van der Waals surface area contributed by atoms with Gasteiger partial charge < -0.3 is 0 Å². The topological polar surface area (TPSA) is 0 Å². The summed E-state index contributed by atoms with van der Waals surface area (Å²) in [6, 6.07) is 0. The minimum absolute atomic E-state index is 0.883. The fraction of sp³-hybridized carbons (Fsp3) is 0.958. The van der Waals surface area contributed by atoms with Crippen molar-refractivity contribution < 1.29 is 0 Å². The van der Waals surface area contributed by atoms with Crippen molar-refractivity contribution in [3.8, 4) is 0 Å². The lowest BCUT2D eigenvalue weighted by Crippen LogP contribution is -2.10. The molecule has 0 saturated carbocycles. The Kier molecular flexibility index (Phi) is 19.3. The molecule has 0 nitrogen and oxygen atoms in total. The van der Waals surface area contributed by atoms with E-state index in [1.165, 1.54) is 109 Å². The van der Waals surface area contributed by atoms with Crippen LogP contribution in [-0.2, 0) is 0 Å². The number of hydrogen-bond acceptors (Lipinski definition) is 0. The van der Waals surface area contributed by atoms with Crippen molar-refractivity contribution >= 4 is 0 Å². The predicted molar refractivity (Wildman–Crippen MR) is 112 cm³/mol. The third-order valence-corrected chi connectivity index (χ3v) is 5.60. The van der Waals surface area contributed by atoms with Crippen LogP contribution in [0.1, 0.15) is 137 Å². The molecule has 145 valence electrons. The van der Waals surface area contributed by atoms with Crippen LogP contribution in [0.3, 0.4) is 0 Å². The fourth-order valence-electron chi connectivity index (χ4n) is 3.83. The molecule has 0 saturated heterocycles. The van der Waals surface area contributed by atoms with E-state index in [-0.39, 0.29) is 0 Å². The van der Waals surface area contributed by atoms with Gasteiger partial charge in [0.1, 0.15) is 0 Å². The second-order valence-electron chi connectivity index (χ2n) is 8.02. The van der Waals surface area contributed by atoms with Crippen LogP contribution >= 0.6 is 0 Å². The van der Waals surface area contributed by atoms with Crippen LogP contribution in [0.5, 0.6) is 0 Å². The molecule has 2 unspecified atom stereocenters. The van der Waals surface area contributed by atoms with Crippen molar-refractivity contribution in [2.45, 2.75) is 137 Å². The maximum Gasteiger partial charge on any atom is -0.0324 e. The van der Waals surface area contributed by atoms with Crippen LogP contribution in [0.15, 0.2) is 0 Å². The van der Waals surface area contributed by atoms with Crippen LogP contribution in [-0.4, -0.2) is 0 Å². The molecule has 0 aromatic rings. The maximum absolute atomic E-state index is 2.79. The summed E-state index contributed by atoms with van der Waals surface area (Å²) in [7, 11) is 0. The second-order valence-corrected chi connectivity index (χ2v) is 8.02. The fourth-order valence-corrected chi connectivity index (χ4v) is 3.83. The molecule has 0 bridgehead atoms. The monoisotopic (exact) mass is 337 g/mol. The van der Waals surface area contributed by atoms with Crippen LogP contribution in [0.2, 0.25) is 0 Å². The molecule has 0 aliphatic rings. The molecule has 0 spiro atoms. The van der Waals surface area contributed by atoms with Gasteiger partial charge in [-0.15, -0.1) is 0 Å². The number of hydrogen-bond donors (Lipinski definition) is 0. The van der Waals surface area contributed by atoms with Crippen molar-refractivity contribution in [2.24, 2.45) is 11.8 Å². The highest BCUT2D eigenvalue weighted by Crippen LogP contribution is 2.28. The van der Waals surface area contributed by atoms with Crippen LogP contribution < -0.4 is 0 Å². The van der Waals surface area contributed by atoms with Crippen LogP contribution in [0.4, 0.5) is 0 Å². The third-order valence-electron chi connectivity index (χ3n) is 5.60. The van der Waals surface area contributed by atoms with E-state index >= 15 is 0 Å². The highest BCUT2D eigenvalue weighted by Gasteiger charge is 2.15. The summed E-state index contributed by atoms with van der Waals surface area (Å²) in [5.74, 6) is 1.78. The Morgan fingerprint density at radius 2 is 0.833 bits per heavy atom. The molecule has 0 amide bonds. The van der Waals surface area contributed by atoms with Gasteiger partial charge in [0.25, 0.3) is 0 Å². The van der Waals surface area contributed by atoms with Gasteiger partial charge in [0.15, 0.2) is 0 Å². The minimum Gasteiger partial charge on any atom is -0.0654 e. The number of unbranched alkanes of at least 4 members (excludes halogenated alkanes) is 10. The Morgan fingerprint density at radius 3 is 1.29 bits per heavy atom. The first-order valence-corrected chi connectivity index (χ1v) is 11.6. The summed E-state index contributed by atoms with van der Waals surface area (Å²) in [6.45, 7) is 9.35. The van der Waals surface area contributed by atoms with Gasteiger partial charge in [-0.05, 0) is 18.3 Å². The molecular weight excluding hydrogens is 288 g/mol. The van der Waals surface area contributed by atoms with Crippen LogP contribution in [0.25, 0.3) is 0 Å². The zero-order valence-corrected chi connectivity index (χ0v) is 17.8. The largest absolute Gasteiger partial charge is 0.0654 e. The van der Waals surface area contributed by atoms with Gasteiger partial charge in [0, 0.05) is 0 Å². The van der Waals surface area contributed by atoms with Crippen LogP contribution in [0, 0.1) is 18.3 Å². The maximum atomic E-state index is 2.79. The second kappa shape index (κ2) is 19.3. The molecule has 0 aromatic heterocycles. The van der Waals surface area contributed by atoms with Crippen molar-refractivity contribution in [1.29, 1.82) is 0 Å². The summed E-state index contributed by atoms with van der Waals surface area (Å²) in [6.07, 6.45) is 27.0. The molecule has 0 fully saturated rings. The molecular formula is C24H49. The summed E-state index contributed by atoms with van der Waals surface area (Å²) in [5, 5.41) is 0. The average molecular weight is 338 g/mol. The summed E-state index contributed by atoms with van der Waals surface area (Å²) < 4.78 is 0. The van der Waals surface area contributed by atoms with Gasteiger partial charge in [-0.2, -0.15) is 0 Å².